The van der Waals surface area contributed by atoms with E-state index >= 15 is 0 Å². The van der Waals surface area contributed by atoms with Gasteiger partial charge in [-0.25, -0.2) is 4.79 Å². The van der Waals surface area contributed by atoms with Crippen molar-refractivity contribution >= 4 is 12.0 Å². The molecule has 2 amide bonds. The van der Waals surface area contributed by atoms with E-state index < -0.39 is 5.97 Å². The van der Waals surface area contributed by atoms with Crippen LogP contribution in [0, 0.1) is 5.92 Å². The van der Waals surface area contributed by atoms with Gasteiger partial charge in [-0.2, -0.15) is 0 Å². The van der Waals surface area contributed by atoms with Gasteiger partial charge in [0.15, 0.2) is 0 Å². The van der Waals surface area contributed by atoms with Crippen molar-refractivity contribution in [1.29, 1.82) is 0 Å². The fourth-order valence-electron chi connectivity index (χ4n) is 1.04. The molecule has 100 valence electrons. The number of hydrogen-bond acceptors (Lipinski definition) is 3. The van der Waals surface area contributed by atoms with E-state index in [0.29, 0.717) is 19.1 Å². The third-order valence-electron chi connectivity index (χ3n) is 1.83. The summed E-state index contributed by atoms with van der Waals surface area (Å²) in [5, 5.41) is 13.4. The highest BCUT2D eigenvalue weighted by Crippen LogP contribution is 1.92. The lowest BCUT2D eigenvalue weighted by Crippen LogP contribution is -2.37. The van der Waals surface area contributed by atoms with E-state index in [-0.39, 0.29) is 19.0 Å². The average molecular weight is 246 g/mol. The van der Waals surface area contributed by atoms with Gasteiger partial charge in [-0.15, -0.1) is 0 Å². The van der Waals surface area contributed by atoms with Gasteiger partial charge in [0.25, 0.3) is 0 Å². The summed E-state index contributed by atoms with van der Waals surface area (Å²) in [6.07, 6.45) is 0.685. The van der Waals surface area contributed by atoms with Gasteiger partial charge in [-0.1, -0.05) is 13.8 Å². The standard InChI is InChI=1S/C11H22N2O4/c1-9(2)8-17-7-3-5-12-11(16)13-6-4-10(14)15/h9H,3-8H2,1-2H3,(H,14,15)(H2,12,13,16). The first kappa shape index (κ1) is 15.7. The van der Waals surface area contributed by atoms with E-state index in [1.54, 1.807) is 0 Å². The van der Waals surface area contributed by atoms with Crippen molar-refractivity contribution in [3.63, 3.8) is 0 Å². The molecule has 0 heterocycles. The second-order valence-corrected chi connectivity index (χ2v) is 4.15. The third kappa shape index (κ3) is 12.6. The largest absolute Gasteiger partial charge is 0.481 e. The maximum atomic E-state index is 11.1. The number of aliphatic carboxylic acids is 1. The van der Waals surface area contributed by atoms with Crippen molar-refractivity contribution < 1.29 is 19.4 Å². The first-order valence-corrected chi connectivity index (χ1v) is 5.83. The summed E-state index contributed by atoms with van der Waals surface area (Å²) in [4.78, 5) is 21.3. The fourth-order valence-corrected chi connectivity index (χ4v) is 1.04. The van der Waals surface area contributed by atoms with Crippen molar-refractivity contribution in [2.75, 3.05) is 26.3 Å². The molecule has 0 aliphatic carbocycles. The lowest BCUT2D eigenvalue weighted by molar-refractivity contribution is -0.136. The minimum Gasteiger partial charge on any atom is -0.481 e. The maximum absolute atomic E-state index is 11.1. The van der Waals surface area contributed by atoms with Gasteiger partial charge in [0.2, 0.25) is 0 Å². The minimum absolute atomic E-state index is 0.0646. The molecule has 0 aromatic rings. The van der Waals surface area contributed by atoms with E-state index in [1.165, 1.54) is 0 Å². The number of amides is 2. The van der Waals surface area contributed by atoms with Crippen LogP contribution < -0.4 is 10.6 Å². The highest BCUT2D eigenvalue weighted by Gasteiger charge is 2.01. The Labute approximate surface area is 102 Å². The van der Waals surface area contributed by atoms with Crippen LogP contribution in [0.2, 0.25) is 0 Å². The van der Waals surface area contributed by atoms with E-state index in [4.69, 9.17) is 9.84 Å². The first-order chi connectivity index (χ1) is 8.02. The molecule has 0 aliphatic rings. The molecule has 0 atom stereocenters. The first-order valence-electron chi connectivity index (χ1n) is 5.83. The number of carboxylic acid groups (broad SMARTS) is 1. The second-order valence-electron chi connectivity index (χ2n) is 4.15. The van der Waals surface area contributed by atoms with Gasteiger partial charge in [0.1, 0.15) is 0 Å². The van der Waals surface area contributed by atoms with Crippen molar-refractivity contribution in [3.8, 4) is 0 Å². The Bertz CT molecular complexity index is 232. The van der Waals surface area contributed by atoms with Crippen LogP contribution in [0.4, 0.5) is 4.79 Å². The number of nitrogens with one attached hydrogen (secondary N) is 2. The zero-order valence-electron chi connectivity index (χ0n) is 10.5. The van der Waals surface area contributed by atoms with E-state index in [0.717, 1.165) is 13.0 Å². The Morgan fingerprint density at radius 2 is 1.88 bits per heavy atom. The Morgan fingerprint density at radius 1 is 1.24 bits per heavy atom. The predicted octanol–water partition coefficient (Wildman–Crippen LogP) is 0.823. The molecule has 0 radical (unpaired) electrons. The monoisotopic (exact) mass is 246 g/mol. The summed E-state index contributed by atoms with van der Waals surface area (Å²) in [6.45, 7) is 6.17. The number of ether oxygens (including phenoxy) is 1. The van der Waals surface area contributed by atoms with Crippen molar-refractivity contribution in [2.45, 2.75) is 26.7 Å². The quantitative estimate of drug-likeness (QED) is 0.526. The molecular formula is C11H22N2O4. The summed E-state index contributed by atoms with van der Waals surface area (Å²) >= 11 is 0. The smallest absolute Gasteiger partial charge is 0.314 e. The number of hydrogen-bond donors (Lipinski definition) is 3. The van der Waals surface area contributed by atoms with Gasteiger partial charge >= 0.3 is 12.0 Å². The third-order valence-corrected chi connectivity index (χ3v) is 1.83. The molecule has 0 aliphatic heterocycles. The van der Waals surface area contributed by atoms with Gasteiger partial charge in [0.05, 0.1) is 6.42 Å². The highest BCUT2D eigenvalue weighted by atomic mass is 16.5. The normalized spacial score (nSPS) is 10.3. The topological polar surface area (TPSA) is 87.7 Å². The number of urea groups is 1. The average Bonchev–Trinajstić information content (AvgIpc) is 2.22. The zero-order chi connectivity index (χ0) is 13.1. The summed E-state index contributed by atoms with van der Waals surface area (Å²) in [6, 6.07) is -0.338. The maximum Gasteiger partial charge on any atom is 0.314 e. The summed E-state index contributed by atoms with van der Waals surface area (Å²) in [5.74, 6) is -0.408. The highest BCUT2D eigenvalue weighted by molar-refractivity contribution is 5.74. The second kappa shape index (κ2) is 9.89. The van der Waals surface area contributed by atoms with Crippen LogP contribution in [-0.4, -0.2) is 43.4 Å². The van der Waals surface area contributed by atoms with Gasteiger partial charge in [-0.05, 0) is 12.3 Å². The molecule has 0 aromatic heterocycles. The van der Waals surface area contributed by atoms with Crippen LogP contribution in [0.3, 0.4) is 0 Å². The number of carbonyl (C=O) groups is 2. The fraction of sp³-hybridized carbons (Fsp3) is 0.818. The molecule has 0 saturated heterocycles. The van der Waals surface area contributed by atoms with Crippen molar-refractivity contribution in [1.82, 2.24) is 10.6 Å². The lowest BCUT2D eigenvalue weighted by atomic mass is 10.2. The summed E-state index contributed by atoms with van der Waals surface area (Å²) in [5.41, 5.74) is 0. The SMILES string of the molecule is CC(C)COCCCNC(=O)NCCC(=O)O. The molecule has 0 rings (SSSR count). The van der Waals surface area contributed by atoms with Crippen LogP contribution in [0.15, 0.2) is 0 Å². The van der Waals surface area contributed by atoms with Crippen LogP contribution in [0.25, 0.3) is 0 Å². The van der Waals surface area contributed by atoms with Crippen molar-refractivity contribution in [3.05, 3.63) is 0 Å². The molecule has 6 nitrogen and oxygen atoms in total. The molecular weight excluding hydrogens is 224 g/mol. The number of rotatable bonds is 9. The predicted molar refractivity (Wildman–Crippen MR) is 63.9 cm³/mol. The van der Waals surface area contributed by atoms with Crippen LogP contribution in [0.1, 0.15) is 26.7 Å². The number of carbonyl (C=O) groups excluding carboxylic acids is 1. The number of carboxylic acids is 1. The molecule has 0 aromatic carbocycles. The molecule has 0 spiro atoms. The van der Waals surface area contributed by atoms with Crippen LogP contribution in [-0.2, 0) is 9.53 Å². The van der Waals surface area contributed by atoms with E-state index in [2.05, 4.69) is 24.5 Å². The molecule has 0 saturated carbocycles. The van der Waals surface area contributed by atoms with Crippen molar-refractivity contribution in [2.24, 2.45) is 5.92 Å². The van der Waals surface area contributed by atoms with E-state index in [1.807, 2.05) is 0 Å². The Hall–Kier alpha value is -1.30. The molecule has 0 unspecified atom stereocenters. The Balaban J connectivity index is 3.25. The molecule has 3 N–H and O–H groups in total. The van der Waals surface area contributed by atoms with Gasteiger partial charge < -0.3 is 20.5 Å². The summed E-state index contributed by atoms with van der Waals surface area (Å²) < 4.78 is 5.34. The van der Waals surface area contributed by atoms with E-state index in [9.17, 15) is 9.59 Å². The lowest BCUT2D eigenvalue weighted by Gasteiger charge is -2.08. The molecule has 6 heteroatoms. The minimum atomic E-state index is -0.924. The molecule has 17 heavy (non-hydrogen) atoms. The Kier molecular flexibility index (Phi) is 9.14. The van der Waals surface area contributed by atoms with Crippen LogP contribution in [0.5, 0.6) is 0 Å². The zero-order valence-corrected chi connectivity index (χ0v) is 10.5. The van der Waals surface area contributed by atoms with Gasteiger partial charge in [-0.3, -0.25) is 4.79 Å². The Morgan fingerprint density at radius 3 is 2.47 bits per heavy atom. The van der Waals surface area contributed by atoms with Gasteiger partial charge in [0, 0.05) is 26.3 Å². The van der Waals surface area contributed by atoms with Crippen LogP contribution >= 0.6 is 0 Å². The molecule has 0 fully saturated rings. The summed E-state index contributed by atoms with van der Waals surface area (Å²) in [7, 11) is 0. The molecule has 0 bridgehead atoms.